The van der Waals surface area contributed by atoms with Gasteiger partial charge in [0.2, 0.25) is 0 Å². The molecule has 0 radical (unpaired) electrons. The fourth-order valence-corrected chi connectivity index (χ4v) is 2.32. The van der Waals surface area contributed by atoms with E-state index in [4.69, 9.17) is 10.5 Å². The Morgan fingerprint density at radius 3 is 2.82 bits per heavy atom. The van der Waals surface area contributed by atoms with E-state index in [1.807, 2.05) is 24.3 Å². The molecule has 1 saturated carbocycles. The van der Waals surface area contributed by atoms with Crippen molar-refractivity contribution in [3.05, 3.63) is 29.8 Å². The predicted molar refractivity (Wildman–Crippen MR) is 67.9 cm³/mol. The number of benzene rings is 1. The van der Waals surface area contributed by atoms with Gasteiger partial charge in [-0.05, 0) is 31.7 Å². The highest BCUT2D eigenvalue weighted by Crippen LogP contribution is 2.30. The molecular formula is C14H21NO2. The summed E-state index contributed by atoms with van der Waals surface area (Å²) >= 11 is 0. The molecule has 0 aliphatic heterocycles. The van der Waals surface area contributed by atoms with E-state index < -0.39 is 0 Å². The fourth-order valence-electron chi connectivity index (χ4n) is 2.32. The molecule has 3 N–H and O–H groups in total. The Morgan fingerprint density at radius 1 is 1.41 bits per heavy atom. The average Bonchev–Trinajstić information content (AvgIpc) is 2.75. The van der Waals surface area contributed by atoms with Crippen molar-refractivity contribution >= 4 is 0 Å². The lowest BCUT2D eigenvalue weighted by Gasteiger charge is -2.21. The van der Waals surface area contributed by atoms with Crippen LogP contribution in [0.2, 0.25) is 0 Å². The van der Waals surface area contributed by atoms with Crippen molar-refractivity contribution in [3.63, 3.8) is 0 Å². The highest BCUT2D eigenvalue weighted by atomic mass is 16.5. The Balaban J connectivity index is 2.14. The van der Waals surface area contributed by atoms with Crippen LogP contribution in [0.5, 0.6) is 5.75 Å². The topological polar surface area (TPSA) is 55.5 Å². The van der Waals surface area contributed by atoms with Crippen LogP contribution in [0.3, 0.4) is 0 Å². The number of aliphatic hydroxyl groups is 1. The van der Waals surface area contributed by atoms with Gasteiger partial charge < -0.3 is 15.6 Å². The highest BCUT2D eigenvalue weighted by Gasteiger charge is 2.27. The van der Waals surface area contributed by atoms with Crippen LogP contribution in [0.25, 0.3) is 0 Å². The highest BCUT2D eigenvalue weighted by molar-refractivity contribution is 5.36. The van der Waals surface area contributed by atoms with Gasteiger partial charge in [-0.3, -0.25) is 0 Å². The molecule has 0 heterocycles. The Morgan fingerprint density at radius 2 is 2.18 bits per heavy atom. The van der Waals surface area contributed by atoms with E-state index in [1.165, 1.54) is 0 Å². The van der Waals surface area contributed by atoms with Crippen LogP contribution in [0, 0.1) is 0 Å². The lowest BCUT2D eigenvalue weighted by atomic mass is 10.0. The second-order valence-corrected chi connectivity index (χ2v) is 4.71. The van der Waals surface area contributed by atoms with Crippen LogP contribution in [-0.2, 0) is 0 Å². The zero-order chi connectivity index (χ0) is 12.3. The average molecular weight is 235 g/mol. The van der Waals surface area contributed by atoms with Gasteiger partial charge in [0.1, 0.15) is 11.9 Å². The SMILES string of the molecule is CC[C@H](N)c1ccccc1OC1CCCC1O. The summed E-state index contributed by atoms with van der Waals surface area (Å²) in [5, 5.41) is 9.78. The quantitative estimate of drug-likeness (QED) is 0.842. The van der Waals surface area contributed by atoms with Crippen LogP contribution in [-0.4, -0.2) is 17.3 Å². The Hall–Kier alpha value is -1.06. The van der Waals surface area contributed by atoms with E-state index in [2.05, 4.69) is 6.92 Å². The first-order valence-electron chi connectivity index (χ1n) is 6.41. The predicted octanol–water partition coefficient (Wildman–Crippen LogP) is 2.39. The monoisotopic (exact) mass is 235 g/mol. The molecule has 0 spiro atoms. The Bertz CT molecular complexity index is 367. The van der Waals surface area contributed by atoms with E-state index >= 15 is 0 Å². The summed E-state index contributed by atoms with van der Waals surface area (Å²) in [5.74, 6) is 0.827. The van der Waals surface area contributed by atoms with E-state index in [0.29, 0.717) is 0 Å². The normalized spacial score (nSPS) is 25.8. The minimum absolute atomic E-state index is 0.00439. The molecule has 17 heavy (non-hydrogen) atoms. The second-order valence-electron chi connectivity index (χ2n) is 4.71. The number of ether oxygens (including phenoxy) is 1. The number of hydrogen-bond donors (Lipinski definition) is 2. The molecule has 0 saturated heterocycles. The minimum Gasteiger partial charge on any atom is -0.487 e. The molecule has 0 aromatic heterocycles. The molecule has 1 aliphatic carbocycles. The van der Waals surface area contributed by atoms with E-state index in [-0.39, 0.29) is 18.2 Å². The zero-order valence-electron chi connectivity index (χ0n) is 10.3. The maximum atomic E-state index is 9.78. The molecule has 3 nitrogen and oxygen atoms in total. The van der Waals surface area contributed by atoms with Crippen LogP contribution < -0.4 is 10.5 Å². The largest absolute Gasteiger partial charge is 0.487 e. The molecule has 0 amide bonds. The van der Waals surface area contributed by atoms with E-state index in [0.717, 1.165) is 37.0 Å². The summed E-state index contributed by atoms with van der Waals surface area (Å²) in [5.41, 5.74) is 7.10. The minimum atomic E-state index is -0.332. The third-order valence-corrected chi connectivity index (χ3v) is 3.45. The zero-order valence-corrected chi connectivity index (χ0v) is 10.3. The number of para-hydroxylation sites is 1. The summed E-state index contributed by atoms with van der Waals surface area (Å²) < 4.78 is 5.91. The van der Waals surface area contributed by atoms with Gasteiger partial charge in [0, 0.05) is 11.6 Å². The van der Waals surface area contributed by atoms with Crippen molar-refractivity contribution in [2.75, 3.05) is 0 Å². The third kappa shape index (κ3) is 2.79. The van der Waals surface area contributed by atoms with E-state index in [1.54, 1.807) is 0 Å². The van der Waals surface area contributed by atoms with Gasteiger partial charge >= 0.3 is 0 Å². The molecule has 1 aromatic carbocycles. The van der Waals surface area contributed by atoms with Crippen molar-refractivity contribution in [1.82, 2.24) is 0 Å². The first kappa shape index (κ1) is 12.4. The Kier molecular flexibility index (Phi) is 4.02. The summed E-state index contributed by atoms with van der Waals surface area (Å²) in [7, 11) is 0. The molecule has 2 unspecified atom stereocenters. The van der Waals surface area contributed by atoms with Crippen molar-refractivity contribution in [3.8, 4) is 5.75 Å². The van der Waals surface area contributed by atoms with Crippen LogP contribution in [0.1, 0.15) is 44.2 Å². The number of rotatable bonds is 4. The van der Waals surface area contributed by atoms with Crippen molar-refractivity contribution in [1.29, 1.82) is 0 Å². The molecule has 3 heteroatoms. The third-order valence-electron chi connectivity index (χ3n) is 3.45. The second kappa shape index (κ2) is 5.52. The molecule has 94 valence electrons. The van der Waals surface area contributed by atoms with Gasteiger partial charge in [-0.2, -0.15) is 0 Å². The van der Waals surface area contributed by atoms with Gasteiger partial charge in [0.25, 0.3) is 0 Å². The fraction of sp³-hybridized carbons (Fsp3) is 0.571. The molecule has 1 aromatic rings. The number of aliphatic hydroxyl groups excluding tert-OH is 1. The lowest BCUT2D eigenvalue weighted by Crippen LogP contribution is -2.26. The molecular weight excluding hydrogens is 214 g/mol. The van der Waals surface area contributed by atoms with Gasteiger partial charge in [-0.25, -0.2) is 0 Å². The molecule has 2 rings (SSSR count). The molecule has 3 atom stereocenters. The number of nitrogens with two attached hydrogens (primary N) is 1. The Labute approximate surface area is 103 Å². The van der Waals surface area contributed by atoms with Crippen molar-refractivity contribution < 1.29 is 9.84 Å². The van der Waals surface area contributed by atoms with Crippen LogP contribution in [0.15, 0.2) is 24.3 Å². The number of hydrogen-bond acceptors (Lipinski definition) is 3. The molecule has 1 aliphatic rings. The summed E-state index contributed by atoms with van der Waals surface area (Å²) in [6.45, 7) is 2.06. The summed E-state index contributed by atoms with van der Waals surface area (Å²) in [6.07, 6.45) is 3.28. The lowest BCUT2D eigenvalue weighted by molar-refractivity contribution is 0.0595. The molecule has 0 bridgehead atoms. The van der Waals surface area contributed by atoms with Crippen molar-refractivity contribution in [2.24, 2.45) is 5.73 Å². The van der Waals surface area contributed by atoms with Crippen molar-refractivity contribution in [2.45, 2.75) is 50.9 Å². The smallest absolute Gasteiger partial charge is 0.124 e. The van der Waals surface area contributed by atoms with Crippen LogP contribution in [0.4, 0.5) is 0 Å². The van der Waals surface area contributed by atoms with Crippen LogP contribution >= 0.6 is 0 Å². The first-order chi connectivity index (χ1) is 8.22. The van der Waals surface area contributed by atoms with Gasteiger partial charge in [-0.1, -0.05) is 25.1 Å². The van der Waals surface area contributed by atoms with Gasteiger partial charge in [-0.15, -0.1) is 0 Å². The summed E-state index contributed by atoms with van der Waals surface area (Å²) in [4.78, 5) is 0. The molecule has 1 fully saturated rings. The standard InChI is InChI=1S/C14H21NO2/c1-2-11(15)10-6-3-4-8-13(10)17-14-9-5-7-12(14)16/h3-4,6,8,11-12,14,16H,2,5,7,9,15H2,1H3/t11-,12?,14?/m0/s1. The first-order valence-corrected chi connectivity index (χ1v) is 6.41. The summed E-state index contributed by atoms with van der Waals surface area (Å²) in [6, 6.07) is 7.87. The van der Waals surface area contributed by atoms with Gasteiger partial charge in [0.05, 0.1) is 6.10 Å². The maximum Gasteiger partial charge on any atom is 0.124 e. The van der Waals surface area contributed by atoms with E-state index in [9.17, 15) is 5.11 Å². The van der Waals surface area contributed by atoms with Gasteiger partial charge in [0.15, 0.2) is 0 Å². The maximum absolute atomic E-state index is 9.78.